The van der Waals surface area contributed by atoms with Crippen molar-refractivity contribution >= 4 is 34.9 Å². The zero-order valence-corrected chi connectivity index (χ0v) is 18.4. The van der Waals surface area contributed by atoms with Crippen LogP contribution in [0.5, 0.6) is 0 Å². The number of benzene rings is 1. The number of aromatic nitrogens is 1. The van der Waals surface area contributed by atoms with Crippen LogP contribution in [0.15, 0.2) is 35.2 Å². The van der Waals surface area contributed by atoms with Crippen molar-refractivity contribution in [3.63, 3.8) is 0 Å². The minimum Gasteiger partial charge on any atom is -0.341 e. The molecule has 1 aromatic heterocycles. The summed E-state index contributed by atoms with van der Waals surface area (Å²) in [6.07, 6.45) is 4.71. The molecule has 6 nitrogen and oxygen atoms in total. The Hall–Kier alpha value is -2.87. The number of hydrogen-bond acceptors (Lipinski definition) is 4. The highest BCUT2D eigenvalue weighted by Crippen LogP contribution is 2.34. The molecule has 4 rings (SSSR count). The van der Waals surface area contributed by atoms with E-state index in [0.717, 1.165) is 58.6 Å². The number of nitrogens with zero attached hydrogens (tertiary/aromatic N) is 3. The largest absolute Gasteiger partial charge is 0.341 e. The topological polar surface area (TPSA) is 62.6 Å². The molecule has 0 aliphatic carbocycles. The van der Waals surface area contributed by atoms with Crippen LogP contribution < -0.4 is 0 Å². The SMILES string of the molecule is Cc1cc(/C=C2\SC(=O)N(CC(=O)N3CCCCC3)C2=O)c(C)n1-c1ccc(F)cc1. The van der Waals surface area contributed by atoms with Crippen LogP contribution in [-0.2, 0) is 9.59 Å². The summed E-state index contributed by atoms with van der Waals surface area (Å²) in [7, 11) is 0. The molecule has 2 aromatic rings. The summed E-state index contributed by atoms with van der Waals surface area (Å²) in [6.45, 7) is 4.99. The second kappa shape index (κ2) is 8.70. The van der Waals surface area contributed by atoms with Crippen LogP contribution in [0.1, 0.15) is 36.2 Å². The molecule has 2 aliphatic heterocycles. The minimum absolute atomic E-state index is 0.183. The number of likely N-dealkylation sites (tertiary alicyclic amines) is 1. The van der Waals surface area contributed by atoms with Crippen molar-refractivity contribution < 1.29 is 18.8 Å². The number of imide groups is 1. The van der Waals surface area contributed by atoms with Gasteiger partial charge in [-0.2, -0.15) is 0 Å². The molecule has 162 valence electrons. The summed E-state index contributed by atoms with van der Waals surface area (Å²) in [6, 6.07) is 8.11. The molecule has 0 saturated carbocycles. The molecule has 0 atom stereocenters. The van der Waals surface area contributed by atoms with E-state index in [1.807, 2.05) is 24.5 Å². The van der Waals surface area contributed by atoms with Gasteiger partial charge in [-0.1, -0.05) is 0 Å². The standard InChI is InChI=1S/C23H24FN3O3S/c1-15-12-17(16(2)27(15)19-8-6-18(24)7-9-19)13-20-22(29)26(23(30)31-20)14-21(28)25-10-4-3-5-11-25/h6-9,12-13H,3-5,10-11,14H2,1-2H3/b20-13-. The van der Waals surface area contributed by atoms with Crippen molar-refractivity contribution in [1.29, 1.82) is 0 Å². The van der Waals surface area contributed by atoms with Gasteiger partial charge in [-0.25, -0.2) is 4.39 Å². The maximum Gasteiger partial charge on any atom is 0.294 e. The number of amides is 3. The molecule has 0 bridgehead atoms. The summed E-state index contributed by atoms with van der Waals surface area (Å²) in [5.74, 6) is -0.927. The fourth-order valence-electron chi connectivity index (χ4n) is 4.08. The molecule has 3 amide bonds. The number of halogens is 1. The molecule has 2 fully saturated rings. The maximum atomic E-state index is 13.3. The van der Waals surface area contributed by atoms with Gasteiger partial charge in [0.15, 0.2) is 0 Å². The third-order valence-corrected chi connectivity index (χ3v) is 6.62. The Labute approximate surface area is 184 Å². The number of rotatable bonds is 4. The van der Waals surface area contributed by atoms with Crippen molar-refractivity contribution in [2.24, 2.45) is 0 Å². The Bertz CT molecular complexity index is 1070. The van der Waals surface area contributed by atoms with Gasteiger partial charge in [0, 0.05) is 30.2 Å². The van der Waals surface area contributed by atoms with Crippen molar-refractivity contribution in [3.05, 3.63) is 58.0 Å². The summed E-state index contributed by atoms with van der Waals surface area (Å²) in [5, 5.41) is -0.422. The molecule has 1 aromatic carbocycles. The van der Waals surface area contributed by atoms with E-state index in [1.165, 1.54) is 12.1 Å². The fraction of sp³-hybridized carbons (Fsp3) is 0.348. The Morgan fingerprint density at radius 1 is 1.10 bits per heavy atom. The van der Waals surface area contributed by atoms with Crippen LogP contribution >= 0.6 is 11.8 Å². The van der Waals surface area contributed by atoms with Gasteiger partial charge in [-0.15, -0.1) is 0 Å². The summed E-state index contributed by atoms with van der Waals surface area (Å²) in [5.41, 5.74) is 3.42. The molecule has 2 aliphatic rings. The van der Waals surface area contributed by atoms with Crippen molar-refractivity contribution in [2.75, 3.05) is 19.6 Å². The molecular weight excluding hydrogens is 417 g/mol. The lowest BCUT2D eigenvalue weighted by atomic mass is 10.1. The summed E-state index contributed by atoms with van der Waals surface area (Å²) in [4.78, 5) is 40.9. The first-order valence-electron chi connectivity index (χ1n) is 10.3. The van der Waals surface area contributed by atoms with Crippen LogP contribution in [0.4, 0.5) is 9.18 Å². The second-order valence-electron chi connectivity index (χ2n) is 7.85. The highest BCUT2D eigenvalue weighted by atomic mass is 32.2. The minimum atomic E-state index is -0.438. The highest BCUT2D eigenvalue weighted by Gasteiger charge is 2.37. The Kier molecular flexibility index (Phi) is 6.00. The Morgan fingerprint density at radius 2 is 1.77 bits per heavy atom. The van der Waals surface area contributed by atoms with Gasteiger partial charge in [0.1, 0.15) is 12.4 Å². The zero-order valence-electron chi connectivity index (χ0n) is 17.6. The fourth-order valence-corrected chi connectivity index (χ4v) is 4.91. The van der Waals surface area contributed by atoms with Gasteiger partial charge < -0.3 is 9.47 Å². The molecule has 0 spiro atoms. The van der Waals surface area contributed by atoms with E-state index >= 15 is 0 Å². The molecule has 0 N–H and O–H groups in total. The Balaban J connectivity index is 1.55. The number of hydrogen-bond donors (Lipinski definition) is 0. The van der Waals surface area contributed by atoms with Crippen molar-refractivity contribution in [3.8, 4) is 5.69 Å². The van der Waals surface area contributed by atoms with E-state index in [-0.39, 0.29) is 18.3 Å². The first-order valence-corrected chi connectivity index (χ1v) is 11.1. The molecule has 3 heterocycles. The number of aryl methyl sites for hydroxylation is 1. The van der Waals surface area contributed by atoms with Crippen LogP contribution in [0.3, 0.4) is 0 Å². The molecule has 31 heavy (non-hydrogen) atoms. The number of thioether (sulfide) groups is 1. The lowest BCUT2D eigenvalue weighted by Crippen LogP contribution is -2.44. The van der Waals surface area contributed by atoms with Gasteiger partial charge in [-0.3, -0.25) is 19.3 Å². The van der Waals surface area contributed by atoms with Gasteiger partial charge in [0.25, 0.3) is 11.1 Å². The number of carbonyl (C=O) groups excluding carboxylic acids is 3. The van der Waals surface area contributed by atoms with E-state index in [0.29, 0.717) is 18.0 Å². The normalized spacial score (nSPS) is 18.4. The predicted molar refractivity (Wildman–Crippen MR) is 118 cm³/mol. The first kappa shape index (κ1) is 21.4. The third kappa shape index (κ3) is 4.30. The van der Waals surface area contributed by atoms with Crippen LogP contribution in [0.2, 0.25) is 0 Å². The lowest BCUT2D eigenvalue weighted by Gasteiger charge is -2.27. The molecule has 8 heteroatoms. The second-order valence-corrected chi connectivity index (χ2v) is 8.84. The smallest absolute Gasteiger partial charge is 0.294 e. The summed E-state index contributed by atoms with van der Waals surface area (Å²) >= 11 is 0.856. The van der Waals surface area contributed by atoms with Crippen LogP contribution in [-0.4, -0.2) is 51.1 Å². The summed E-state index contributed by atoms with van der Waals surface area (Å²) < 4.78 is 15.2. The zero-order chi connectivity index (χ0) is 22.1. The Morgan fingerprint density at radius 3 is 2.45 bits per heavy atom. The van der Waals surface area contributed by atoms with E-state index in [9.17, 15) is 18.8 Å². The number of carbonyl (C=O) groups is 3. The predicted octanol–water partition coefficient (Wildman–Crippen LogP) is 4.28. The molecule has 0 radical (unpaired) electrons. The van der Waals surface area contributed by atoms with Crippen LogP contribution in [0, 0.1) is 19.7 Å². The van der Waals surface area contributed by atoms with Crippen LogP contribution in [0.25, 0.3) is 11.8 Å². The number of piperidine rings is 1. The van der Waals surface area contributed by atoms with Crippen molar-refractivity contribution in [2.45, 2.75) is 33.1 Å². The quantitative estimate of drug-likeness (QED) is 0.665. The average molecular weight is 442 g/mol. The first-order chi connectivity index (χ1) is 14.8. The molecular formula is C23H24FN3O3S. The maximum absolute atomic E-state index is 13.3. The lowest BCUT2D eigenvalue weighted by molar-refractivity contribution is -0.136. The van der Waals surface area contributed by atoms with Gasteiger partial charge in [0.2, 0.25) is 5.91 Å². The highest BCUT2D eigenvalue weighted by molar-refractivity contribution is 8.18. The van der Waals surface area contributed by atoms with Crippen molar-refractivity contribution in [1.82, 2.24) is 14.4 Å². The van der Waals surface area contributed by atoms with Gasteiger partial charge in [-0.05, 0) is 86.8 Å². The van der Waals surface area contributed by atoms with E-state index in [4.69, 9.17) is 0 Å². The van der Waals surface area contributed by atoms with E-state index in [1.54, 1.807) is 23.1 Å². The van der Waals surface area contributed by atoms with E-state index in [2.05, 4.69) is 0 Å². The molecule has 0 unspecified atom stereocenters. The van der Waals surface area contributed by atoms with E-state index < -0.39 is 11.1 Å². The monoisotopic (exact) mass is 441 g/mol. The third-order valence-electron chi connectivity index (χ3n) is 5.72. The molecule has 2 saturated heterocycles. The van der Waals surface area contributed by atoms with Gasteiger partial charge >= 0.3 is 0 Å². The van der Waals surface area contributed by atoms with Gasteiger partial charge in [0.05, 0.1) is 4.91 Å². The average Bonchev–Trinajstić information content (AvgIpc) is 3.19.